The van der Waals surface area contributed by atoms with Crippen molar-refractivity contribution in [3.63, 3.8) is 0 Å². The zero-order chi connectivity index (χ0) is 16.4. The molecule has 0 bridgehead atoms. The van der Waals surface area contributed by atoms with Gasteiger partial charge in [-0.15, -0.1) is 0 Å². The predicted octanol–water partition coefficient (Wildman–Crippen LogP) is 4.91. The van der Waals surface area contributed by atoms with Crippen LogP contribution in [-0.4, -0.2) is 15.5 Å². The number of aromatic nitrogens is 2. The summed E-state index contributed by atoms with van der Waals surface area (Å²) in [4.78, 5) is 16.0. The van der Waals surface area contributed by atoms with E-state index in [0.29, 0.717) is 15.6 Å². The first kappa shape index (κ1) is 15.8. The highest BCUT2D eigenvalue weighted by Gasteiger charge is 2.19. The Morgan fingerprint density at radius 2 is 1.78 bits per heavy atom. The molecule has 1 amide bonds. The van der Waals surface area contributed by atoms with Gasteiger partial charge in [0.1, 0.15) is 0 Å². The molecule has 0 aliphatic rings. The van der Waals surface area contributed by atoms with Gasteiger partial charge in [0, 0.05) is 23.2 Å². The maximum Gasteiger partial charge on any atom is 0.222 e. The molecule has 4 nitrogen and oxygen atoms in total. The smallest absolute Gasteiger partial charge is 0.222 e. The van der Waals surface area contributed by atoms with Gasteiger partial charge in [-0.2, -0.15) is 0 Å². The highest BCUT2D eigenvalue weighted by Crippen LogP contribution is 2.34. The number of hydrogen-bond donors (Lipinski definition) is 1. The van der Waals surface area contributed by atoms with Gasteiger partial charge in [0.15, 0.2) is 10.6 Å². The summed E-state index contributed by atoms with van der Waals surface area (Å²) in [5, 5.41) is 3.44. The van der Waals surface area contributed by atoms with Gasteiger partial charge < -0.3 is 5.32 Å². The number of benzene rings is 2. The standard InChI is InChI=1S/C17H13BrClN3O/c1-11(23)20-16-15(12-7-9-13(19)10-8-12)22(17(18)21-16)14-5-3-2-4-6-14/h2-10H,1H3,(H,20,23). The van der Waals surface area contributed by atoms with E-state index in [2.05, 4.69) is 26.2 Å². The molecule has 0 fully saturated rings. The van der Waals surface area contributed by atoms with E-state index in [4.69, 9.17) is 11.6 Å². The summed E-state index contributed by atoms with van der Waals surface area (Å²) in [6.07, 6.45) is 0. The molecule has 0 atom stereocenters. The summed E-state index contributed by atoms with van der Waals surface area (Å²) in [5.41, 5.74) is 2.63. The van der Waals surface area contributed by atoms with Gasteiger partial charge in [0.2, 0.25) is 5.91 Å². The second-order valence-corrected chi connectivity index (χ2v) is 6.08. The van der Waals surface area contributed by atoms with Gasteiger partial charge in [-0.25, -0.2) is 4.98 Å². The van der Waals surface area contributed by atoms with Crippen molar-refractivity contribution in [1.29, 1.82) is 0 Å². The van der Waals surface area contributed by atoms with Crippen LogP contribution in [0.1, 0.15) is 6.92 Å². The summed E-state index contributed by atoms with van der Waals surface area (Å²) >= 11 is 9.46. The molecular formula is C17H13BrClN3O. The van der Waals surface area contributed by atoms with Crippen molar-refractivity contribution in [1.82, 2.24) is 9.55 Å². The molecule has 0 aliphatic carbocycles. The number of para-hydroxylation sites is 1. The number of halogens is 2. The number of nitrogens with one attached hydrogen (secondary N) is 1. The van der Waals surface area contributed by atoms with Crippen LogP contribution in [0.15, 0.2) is 59.3 Å². The van der Waals surface area contributed by atoms with Gasteiger partial charge in [-0.1, -0.05) is 41.9 Å². The summed E-state index contributed by atoms with van der Waals surface area (Å²) in [6.45, 7) is 1.46. The average Bonchev–Trinajstić information content (AvgIpc) is 2.84. The number of hydrogen-bond acceptors (Lipinski definition) is 2. The topological polar surface area (TPSA) is 46.9 Å². The molecule has 0 saturated heterocycles. The van der Waals surface area contributed by atoms with Crippen molar-refractivity contribution in [2.24, 2.45) is 0 Å². The third-order valence-electron chi connectivity index (χ3n) is 3.26. The summed E-state index contributed by atoms with van der Waals surface area (Å²) in [6, 6.07) is 17.2. The predicted molar refractivity (Wildman–Crippen MR) is 96.0 cm³/mol. The Morgan fingerprint density at radius 3 is 2.39 bits per heavy atom. The van der Waals surface area contributed by atoms with Crippen molar-refractivity contribution >= 4 is 39.3 Å². The number of nitrogens with zero attached hydrogens (tertiary/aromatic N) is 2. The molecular weight excluding hydrogens is 378 g/mol. The lowest BCUT2D eigenvalue weighted by molar-refractivity contribution is -0.114. The van der Waals surface area contributed by atoms with Crippen molar-refractivity contribution in [2.75, 3.05) is 5.32 Å². The summed E-state index contributed by atoms with van der Waals surface area (Å²) in [5.74, 6) is 0.320. The monoisotopic (exact) mass is 389 g/mol. The highest BCUT2D eigenvalue weighted by atomic mass is 79.9. The Balaban J connectivity index is 2.24. The number of carbonyl (C=O) groups is 1. The van der Waals surface area contributed by atoms with Gasteiger partial charge in [-0.3, -0.25) is 9.36 Å². The van der Waals surface area contributed by atoms with Crippen LogP contribution in [0.5, 0.6) is 0 Å². The lowest BCUT2D eigenvalue weighted by atomic mass is 10.1. The minimum Gasteiger partial charge on any atom is -0.309 e. The number of anilines is 1. The molecule has 23 heavy (non-hydrogen) atoms. The van der Waals surface area contributed by atoms with Crippen molar-refractivity contribution in [2.45, 2.75) is 6.92 Å². The first-order chi connectivity index (χ1) is 11.1. The lowest BCUT2D eigenvalue weighted by Gasteiger charge is -2.11. The molecule has 2 aromatic carbocycles. The molecule has 6 heteroatoms. The molecule has 0 aliphatic heterocycles. The summed E-state index contributed by atoms with van der Waals surface area (Å²) in [7, 11) is 0. The fourth-order valence-electron chi connectivity index (χ4n) is 2.33. The second kappa shape index (κ2) is 6.56. The Morgan fingerprint density at radius 1 is 1.13 bits per heavy atom. The zero-order valence-electron chi connectivity index (χ0n) is 12.3. The van der Waals surface area contributed by atoms with E-state index in [0.717, 1.165) is 16.9 Å². The quantitative estimate of drug-likeness (QED) is 0.690. The molecule has 1 heterocycles. The Kier molecular flexibility index (Phi) is 4.50. The lowest BCUT2D eigenvalue weighted by Crippen LogP contribution is -2.07. The first-order valence-electron chi connectivity index (χ1n) is 6.93. The van der Waals surface area contributed by atoms with E-state index in [-0.39, 0.29) is 5.91 Å². The average molecular weight is 391 g/mol. The van der Waals surface area contributed by atoms with Crippen molar-refractivity contribution in [3.05, 3.63) is 64.4 Å². The maximum atomic E-state index is 11.5. The molecule has 0 saturated carbocycles. The number of carbonyl (C=O) groups excluding carboxylic acids is 1. The molecule has 0 spiro atoms. The molecule has 3 aromatic rings. The van der Waals surface area contributed by atoms with Gasteiger partial charge in [-0.05, 0) is 40.2 Å². The maximum absolute atomic E-state index is 11.5. The van der Waals surface area contributed by atoms with E-state index in [1.54, 1.807) is 0 Å². The minimum absolute atomic E-state index is 0.176. The van der Waals surface area contributed by atoms with Crippen molar-refractivity contribution in [3.8, 4) is 16.9 Å². The fourth-order valence-corrected chi connectivity index (χ4v) is 3.02. The Labute approximate surface area is 147 Å². The Hall–Kier alpha value is -2.11. The molecule has 0 radical (unpaired) electrons. The van der Waals surface area contributed by atoms with Crippen LogP contribution in [0.3, 0.4) is 0 Å². The normalized spacial score (nSPS) is 10.6. The molecule has 3 rings (SSSR count). The molecule has 0 unspecified atom stereocenters. The van der Waals surface area contributed by atoms with Crippen LogP contribution in [0.25, 0.3) is 16.9 Å². The minimum atomic E-state index is -0.176. The van der Waals surface area contributed by atoms with E-state index in [1.807, 2.05) is 59.2 Å². The summed E-state index contributed by atoms with van der Waals surface area (Å²) < 4.78 is 2.55. The van der Waals surface area contributed by atoms with E-state index >= 15 is 0 Å². The third-order valence-corrected chi connectivity index (χ3v) is 4.05. The SMILES string of the molecule is CC(=O)Nc1nc(Br)n(-c2ccccc2)c1-c1ccc(Cl)cc1. The molecule has 1 N–H and O–H groups in total. The second-order valence-electron chi connectivity index (χ2n) is 4.94. The van der Waals surface area contributed by atoms with Gasteiger partial charge in [0.25, 0.3) is 0 Å². The number of rotatable bonds is 3. The van der Waals surface area contributed by atoms with Gasteiger partial charge >= 0.3 is 0 Å². The van der Waals surface area contributed by atoms with Gasteiger partial charge in [0.05, 0.1) is 5.69 Å². The van der Waals surface area contributed by atoms with Crippen molar-refractivity contribution < 1.29 is 4.79 Å². The third kappa shape index (κ3) is 3.30. The van der Waals surface area contributed by atoms with Crippen LogP contribution < -0.4 is 5.32 Å². The van der Waals surface area contributed by atoms with E-state index in [1.165, 1.54) is 6.92 Å². The van der Waals surface area contributed by atoms with Crippen LogP contribution in [0, 0.1) is 0 Å². The van der Waals surface area contributed by atoms with Crippen LogP contribution in [0.2, 0.25) is 5.02 Å². The van der Waals surface area contributed by atoms with Crippen LogP contribution in [0.4, 0.5) is 5.82 Å². The van der Waals surface area contributed by atoms with E-state index < -0.39 is 0 Å². The zero-order valence-corrected chi connectivity index (χ0v) is 14.6. The largest absolute Gasteiger partial charge is 0.309 e. The van der Waals surface area contributed by atoms with Crippen LogP contribution >= 0.6 is 27.5 Å². The van der Waals surface area contributed by atoms with Crippen LogP contribution in [-0.2, 0) is 4.79 Å². The van der Waals surface area contributed by atoms with E-state index in [9.17, 15) is 4.79 Å². The highest BCUT2D eigenvalue weighted by molar-refractivity contribution is 9.10. The Bertz CT molecular complexity index is 844. The fraction of sp³-hybridized carbons (Fsp3) is 0.0588. The molecule has 116 valence electrons. The number of amides is 1. The molecule has 1 aromatic heterocycles. The first-order valence-corrected chi connectivity index (χ1v) is 8.10. The number of imidazole rings is 1.